The van der Waals surface area contributed by atoms with E-state index in [1.54, 1.807) is 5.56 Å². The fraction of sp³-hybridized carbons (Fsp3) is 0.647. The van der Waals surface area contributed by atoms with Gasteiger partial charge in [-0.3, -0.25) is 0 Å². The summed E-state index contributed by atoms with van der Waals surface area (Å²) < 4.78 is 0. The zero-order valence-electron chi connectivity index (χ0n) is 12.1. The molecule has 0 aromatic heterocycles. The molecule has 100 valence electrons. The largest absolute Gasteiger partial charge is 0.314 e. The molecule has 1 aliphatic carbocycles. The predicted octanol–water partition coefficient (Wildman–Crippen LogP) is 3.95. The number of benzene rings is 1. The summed E-state index contributed by atoms with van der Waals surface area (Å²) >= 11 is 0. The van der Waals surface area contributed by atoms with E-state index in [9.17, 15) is 0 Å². The van der Waals surface area contributed by atoms with Gasteiger partial charge in [-0.25, -0.2) is 0 Å². The first kappa shape index (κ1) is 13.6. The molecule has 1 fully saturated rings. The Labute approximate surface area is 112 Å². The SMILES string of the molecule is Cc1ccccc1CC(CNC(C)C)C1CCC1. The van der Waals surface area contributed by atoms with E-state index in [0.29, 0.717) is 6.04 Å². The van der Waals surface area contributed by atoms with Crippen molar-refractivity contribution >= 4 is 0 Å². The lowest BCUT2D eigenvalue weighted by molar-refractivity contribution is 0.197. The van der Waals surface area contributed by atoms with E-state index in [2.05, 4.69) is 50.4 Å². The molecule has 1 nitrogen and oxygen atoms in total. The highest BCUT2D eigenvalue weighted by atomic mass is 14.9. The average molecular weight is 245 g/mol. The highest BCUT2D eigenvalue weighted by Crippen LogP contribution is 2.35. The van der Waals surface area contributed by atoms with E-state index in [4.69, 9.17) is 0 Å². The van der Waals surface area contributed by atoms with Crippen LogP contribution in [0.3, 0.4) is 0 Å². The standard InChI is InChI=1S/C17H27N/c1-13(2)18-12-17(15-9-6-10-15)11-16-8-5-4-7-14(16)3/h4-5,7-8,13,15,17-18H,6,9-12H2,1-3H3. The molecule has 1 aliphatic rings. The highest BCUT2D eigenvalue weighted by Gasteiger charge is 2.27. The van der Waals surface area contributed by atoms with Gasteiger partial charge in [0.15, 0.2) is 0 Å². The van der Waals surface area contributed by atoms with Crippen LogP contribution < -0.4 is 5.32 Å². The van der Waals surface area contributed by atoms with Gasteiger partial charge in [-0.2, -0.15) is 0 Å². The minimum atomic E-state index is 0.601. The van der Waals surface area contributed by atoms with Crippen molar-refractivity contribution in [2.75, 3.05) is 6.54 Å². The summed E-state index contributed by atoms with van der Waals surface area (Å²) in [4.78, 5) is 0. The van der Waals surface area contributed by atoms with Gasteiger partial charge in [0.1, 0.15) is 0 Å². The molecular formula is C17H27N. The van der Waals surface area contributed by atoms with Crippen LogP contribution in [0.1, 0.15) is 44.2 Å². The Morgan fingerprint density at radius 1 is 1.22 bits per heavy atom. The molecule has 2 rings (SSSR count). The van der Waals surface area contributed by atoms with Crippen molar-refractivity contribution in [3.8, 4) is 0 Å². The lowest BCUT2D eigenvalue weighted by atomic mass is 9.73. The van der Waals surface area contributed by atoms with Crippen LogP contribution in [0, 0.1) is 18.8 Å². The Hall–Kier alpha value is -0.820. The molecule has 0 heterocycles. The Balaban J connectivity index is 1.98. The third-order valence-corrected chi connectivity index (χ3v) is 4.35. The van der Waals surface area contributed by atoms with Crippen molar-refractivity contribution in [1.82, 2.24) is 5.32 Å². The number of nitrogens with one attached hydrogen (secondary N) is 1. The molecule has 1 aromatic carbocycles. The maximum absolute atomic E-state index is 3.63. The zero-order chi connectivity index (χ0) is 13.0. The molecule has 0 bridgehead atoms. The summed E-state index contributed by atoms with van der Waals surface area (Å²) in [6.07, 6.45) is 5.57. The van der Waals surface area contributed by atoms with Gasteiger partial charge in [-0.1, -0.05) is 57.4 Å². The molecule has 1 unspecified atom stereocenters. The summed E-state index contributed by atoms with van der Waals surface area (Å²) in [5, 5.41) is 3.63. The van der Waals surface area contributed by atoms with Crippen LogP contribution >= 0.6 is 0 Å². The molecule has 1 saturated carbocycles. The van der Waals surface area contributed by atoms with Gasteiger partial charge in [0.25, 0.3) is 0 Å². The van der Waals surface area contributed by atoms with Crippen molar-refractivity contribution in [2.24, 2.45) is 11.8 Å². The van der Waals surface area contributed by atoms with E-state index >= 15 is 0 Å². The van der Waals surface area contributed by atoms with Crippen molar-refractivity contribution < 1.29 is 0 Å². The molecule has 0 saturated heterocycles. The van der Waals surface area contributed by atoms with E-state index in [0.717, 1.165) is 11.8 Å². The maximum atomic E-state index is 3.63. The molecule has 1 aromatic rings. The molecule has 1 heteroatoms. The minimum absolute atomic E-state index is 0.601. The molecule has 1 N–H and O–H groups in total. The van der Waals surface area contributed by atoms with Gasteiger partial charge < -0.3 is 5.32 Å². The van der Waals surface area contributed by atoms with Crippen molar-refractivity contribution in [1.29, 1.82) is 0 Å². The van der Waals surface area contributed by atoms with Crippen LogP contribution in [0.4, 0.5) is 0 Å². The first-order valence-corrected chi connectivity index (χ1v) is 7.44. The van der Waals surface area contributed by atoms with E-state index in [1.807, 2.05) is 0 Å². The molecule has 0 spiro atoms. The molecule has 0 aliphatic heterocycles. The topological polar surface area (TPSA) is 12.0 Å². The monoisotopic (exact) mass is 245 g/mol. The van der Waals surface area contributed by atoms with Gasteiger partial charge in [-0.05, 0) is 42.9 Å². The smallest absolute Gasteiger partial charge is 0.00104 e. The van der Waals surface area contributed by atoms with Gasteiger partial charge in [-0.15, -0.1) is 0 Å². The first-order valence-electron chi connectivity index (χ1n) is 7.44. The van der Waals surface area contributed by atoms with Crippen molar-refractivity contribution in [3.05, 3.63) is 35.4 Å². The van der Waals surface area contributed by atoms with E-state index in [1.165, 1.54) is 37.8 Å². The Bertz CT molecular complexity index is 366. The van der Waals surface area contributed by atoms with Crippen LogP contribution in [-0.2, 0) is 6.42 Å². The summed E-state index contributed by atoms with van der Waals surface area (Å²) in [6.45, 7) is 7.90. The summed E-state index contributed by atoms with van der Waals surface area (Å²) in [7, 11) is 0. The Morgan fingerprint density at radius 2 is 1.94 bits per heavy atom. The van der Waals surface area contributed by atoms with E-state index in [-0.39, 0.29) is 0 Å². The lowest BCUT2D eigenvalue weighted by Gasteiger charge is -2.35. The number of hydrogen-bond acceptors (Lipinski definition) is 1. The normalized spacial score (nSPS) is 17.8. The molecular weight excluding hydrogens is 218 g/mol. The van der Waals surface area contributed by atoms with Gasteiger partial charge in [0, 0.05) is 6.04 Å². The maximum Gasteiger partial charge on any atom is 0.00104 e. The van der Waals surface area contributed by atoms with Gasteiger partial charge >= 0.3 is 0 Å². The van der Waals surface area contributed by atoms with Crippen LogP contribution in [0.25, 0.3) is 0 Å². The predicted molar refractivity (Wildman–Crippen MR) is 78.9 cm³/mol. The summed E-state index contributed by atoms with van der Waals surface area (Å²) in [5.74, 6) is 1.78. The van der Waals surface area contributed by atoms with Crippen molar-refractivity contribution in [2.45, 2.75) is 52.5 Å². The molecule has 1 atom stereocenters. The third kappa shape index (κ3) is 3.58. The summed E-state index contributed by atoms with van der Waals surface area (Å²) in [6, 6.07) is 9.46. The number of rotatable bonds is 6. The third-order valence-electron chi connectivity index (χ3n) is 4.35. The van der Waals surface area contributed by atoms with Crippen LogP contribution in [-0.4, -0.2) is 12.6 Å². The second-order valence-corrected chi connectivity index (χ2v) is 6.14. The quantitative estimate of drug-likeness (QED) is 0.800. The van der Waals surface area contributed by atoms with Crippen molar-refractivity contribution in [3.63, 3.8) is 0 Å². The lowest BCUT2D eigenvalue weighted by Crippen LogP contribution is -2.36. The number of aryl methyl sites for hydroxylation is 1. The second-order valence-electron chi connectivity index (χ2n) is 6.14. The summed E-state index contributed by atoms with van der Waals surface area (Å²) in [5.41, 5.74) is 2.99. The Morgan fingerprint density at radius 3 is 2.50 bits per heavy atom. The molecule has 0 amide bonds. The van der Waals surface area contributed by atoms with E-state index < -0.39 is 0 Å². The number of hydrogen-bond donors (Lipinski definition) is 1. The van der Waals surface area contributed by atoms with Gasteiger partial charge in [0.2, 0.25) is 0 Å². The zero-order valence-corrected chi connectivity index (χ0v) is 12.1. The fourth-order valence-corrected chi connectivity index (χ4v) is 2.83. The van der Waals surface area contributed by atoms with Gasteiger partial charge in [0.05, 0.1) is 0 Å². The average Bonchev–Trinajstić information content (AvgIpc) is 2.26. The molecule has 18 heavy (non-hydrogen) atoms. The van der Waals surface area contributed by atoms with Crippen LogP contribution in [0.2, 0.25) is 0 Å². The minimum Gasteiger partial charge on any atom is -0.314 e. The van der Waals surface area contributed by atoms with Crippen LogP contribution in [0.15, 0.2) is 24.3 Å². The van der Waals surface area contributed by atoms with Crippen LogP contribution in [0.5, 0.6) is 0 Å². The fourth-order valence-electron chi connectivity index (χ4n) is 2.83. The Kier molecular flexibility index (Phi) is 4.82. The molecule has 0 radical (unpaired) electrons. The second kappa shape index (κ2) is 6.38. The first-order chi connectivity index (χ1) is 8.66. The highest BCUT2D eigenvalue weighted by molar-refractivity contribution is 5.26.